The zero-order chi connectivity index (χ0) is 11.6. The summed E-state index contributed by atoms with van der Waals surface area (Å²) in [6.07, 6.45) is 1.61. The number of hydrogen-bond acceptors (Lipinski definition) is 6. The third kappa shape index (κ3) is 1.07. The van der Waals surface area contributed by atoms with Gasteiger partial charge in [0, 0.05) is 0 Å². The van der Waals surface area contributed by atoms with E-state index in [1.807, 2.05) is 12.2 Å². The smallest absolute Gasteiger partial charge is 0.314 e. The number of ether oxygens (including phenoxy) is 4. The zero-order valence-corrected chi connectivity index (χ0v) is 8.94. The number of aliphatic hydroxyl groups is 1. The van der Waals surface area contributed by atoms with Crippen LogP contribution in [0, 0.1) is 11.8 Å². The summed E-state index contributed by atoms with van der Waals surface area (Å²) in [5.74, 6) is -1.28. The Hall–Kier alpha value is -0.950. The van der Waals surface area contributed by atoms with Gasteiger partial charge in [-0.05, 0) is 6.08 Å². The number of carbonyl (C=O) groups excluding carboxylic acids is 1. The van der Waals surface area contributed by atoms with Crippen LogP contribution in [0.25, 0.3) is 0 Å². The molecule has 3 fully saturated rings. The highest BCUT2D eigenvalue weighted by Gasteiger charge is 2.70. The third-order valence-electron chi connectivity index (χ3n) is 3.95. The van der Waals surface area contributed by atoms with Gasteiger partial charge in [-0.1, -0.05) is 6.08 Å². The van der Waals surface area contributed by atoms with Crippen molar-refractivity contribution in [2.45, 2.75) is 24.3 Å². The molecule has 0 aliphatic carbocycles. The molecule has 17 heavy (non-hydrogen) atoms. The molecule has 5 atom stereocenters. The molecule has 4 aliphatic heterocycles. The Morgan fingerprint density at radius 2 is 2.12 bits per heavy atom. The summed E-state index contributed by atoms with van der Waals surface area (Å²) in [5, 5.41) is 9.85. The van der Waals surface area contributed by atoms with E-state index >= 15 is 0 Å². The monoisotopic (exact) mass is 240 g/mol. The molecule has 0 aromatic heterocycles. The maximum Gasteiger partial charge on any atom is 0.314 e. The molecule has 4 heterocycles. The van der Waals surface area contributed by atoms with Crippen molar-refractivity contribution in [3.63, 3.8) is 0 Å². The van der Waals surface area contributed by atoms with Crippen molar-refractivity contribution in [1.82, 2.24) is 0 Å². The number of aliphatic hydroxyl groups excluding tert-OH is 1. The van der Waals surface area contributed by atoms with Crippen molar-refractivity contribution in [2.24, 2.45) is 11.8 Å². The van der Waals surface area contributed by atoms with Gasteiger partial charge in [0.1, 0.15) is 5.60 Å². The van der Waals surface area contributed by atoms with E-state index in [0.29, 0.717) is 13.2 Å². The van der Waals surface area contributed by atoms with Gasteiger partial charge in [-0.2, -0.15) is 0 Å². The van der Waals surface area contributed by atoms with Crippen LogP contribution in [0.15, 0.2) is 12.2 Å². The van der Waals surface area contributed by atoms with Gasteiger partial charge in [-0.25, -0.2) is 0 Å². The van der Waals surface area contributed by atoms with Crippen molar-refractivity contribution in [3.05, 3.63) is 12.2 Å². The number of rotatable bonds is 1. The second-order valence-corrected chi connectivity index (χ2v) is 4.75. The number of carbonyl (C=O) groups is 1. The van der Waals surface area contributed by atoms with Gasteiger partial charge in [0.15, 0.2) is 6.29 Å². The lowest BCUT2D eigenvalue weighted by Gasteiger charge is -2.33. The Labute approximate surface area is 97.1 Å². The van der Waals surface area contributed by atoms with Gasteiger partial charge in [-0.15, -0.1) is 0 Å². The summed E-state index contributed by atoms with van der Waals surface area (Å²) in [7, 11) is 0. The molecular formula is C11H12O6. The van der Waals surface area contributed by atoms with Crippen LogP contribution in [0.1, 0.15) is 0 Å². The second-order valence-electron chi connectivity index (χ2n) is 4.75. The quantitative estimate of drug-likeness (QED) is 0.476. The fourth-order valence-electron chi connectivity index (χ4n) is 3.29. The van der Waals surface area contributed by atoms with Gasteiger partial charge in [0.25, 0.3) is 0 Å². The molecular weight excluding hydrogens is 228 g/mol. The number of hydrogen-bond donors (Lipinski definition) is 1. The van der Waals surface area contributed by atoms with Gasteiger partial charge in [-0.3, -0.25) is 4.79 Å². The standard InChI is InChI=1S/C11H12O6/c12-8-6-5-1-2-11(17-5,7(6)9(13)16-8)10-14-3-4-15-10/h1-2,5-7,9-10,13H,3-4H2/t5-,6?,7?,9?,11+/m0/s1. The Bertz CT molecular complexity index is 401. The predicted octanol–water partition coefficient (Wildman–Crippen LogP) is -0.826. The Balaban J connectivity index is 1.76. The second kappa shape index (κ2) is 3.08. The topological polar surface area (TPSA) is 74.2 Å². The molecule has 92 valence electrons. The summed E-state index contributed by atoms with van der Waals surface area (Å²) < 4.78 is 21.7. The molecule has 4 rings (SSSR count). The van der Waals surface area contributed by atoms with E-state index in [4.69, 9.17) is 18.9 Å². The first-order chi connectivity index (χ1) is 8.22. The lowest BCUT2D eigenvalue weighted by atomic mass is 9.76. The van der Waals surface area contributed by atoms with Crippen molar-refractivity contribution in [1.29, 1.82) is 0 Å². The van der Waals surface area contributed by atoms with E-state index in [1.165, 1.54) is 0 Å². The molecule has 4 aliphatic rings. The van der Waals surface area contributed by atoms with Gasteiger partial charge >= 0.3 is 5.97 Å². The first-order valence-electron chi connectivity index (χ1n) is 5.71. The molecule has 0 aromatic carbocycles. The largest absolute Gasteiger partial charge is 0.435 e. The minimum absolute atomic E-state index is 0.336. The molecule has 1 N–H and O–H groups in total. The first-order valence-corrected chi connectivity index (χ1v) is 5.71. The van der Waals surface area contributed by atoms with Crippen molar-refractivity contribution in [3.8, 4) is 0 Å². The van der Waals surface area contributed by atoms with Crippen LogP contribution in [0.4, 0.5) is 0 Å². The Morgan fingerprint density at radius 3 is 2.88 bits per heavy atom. The molecule has 0 amide bonds. The van der Waals surface area contributed by atoms with Gasteiger partial charge < -0.3 is 24.1 Å². The molecule has 0 saturated carbocycles. The zero-order valence-electron chi connectivity index (χ0n) is 8.94. The van der Waals surface area contributed by atoms with E-state index in [2.05, 4.69) is 0 Å². The Kier molecular flexibility index (Phi) is 1.82. The highest BCUT2D eigenvalue weighted by Crippen LogP contribution is 2.55. The lowest BCUT2D eigenvalue weighted by molar-refractivity contribution is -0.210. The molecule has 6 nitrogen and oxygen atoms in total. The predicted molar refractivity (Wildman–Crippen MR) is 51.5 cm³/mol. The van der Waals surface area contributed by atoms with Crippen molar-refractivity contribution in [2.75, 3.05) is 13.2 Å². The summed E-state index contributed by atoms with van der Waals surface area (Å²) in [4.78, 5) is 11.6. The Morgan fingerprint density at radius 1 is 1.35 bits per heavy atom. The molecule has 6 heteroatoms. The maximum atomic E-state index is 11.6. The highest BCUT2D eigenvalue weighted by atomic mass is 16.7. The van der Waals surface area contributed by atoms with E-state index in [1.54, 1.807) is 0 Å². The van der Waals surface area contributed by atoms with Crippen LogP contribution in [-0.2, 0) is 23.7 Å². The van der Waals surface area contributed by atoms with Crippen molar-refractivity contribution < 1.29 is 28.8 Å². The number of fused-ring (bicyclic) bond motifs is 5. The summed E-state index contributed by atoms with van der Waals surface area (Å²) in [6, 6.07) is 0. The fourth-order valence-corrected chi connectivity index (χ4v) is 3.29. The molecule has 0 radical (unpaired) electrons. The third-order valence-corrected chi connectivity index (χ3v) is 3.95. The minimum Gasteiger partial charge on any atom is -0.435 e. The van der Waals surface area contributed by atoms with Crippen LogP contribution in [0.5, 0.6) is 0 Å². The van der Waals surface area contributed by atoms with E-state index < -0.39 is 36.0 Å². The molecule has 0 aromatic rings. The molecule has 0 spiro atoms. The van der Waals surface area contributed by atoms with Crippen molar-refractivity contribution >= 4 is 5.97 Å². The van der Waals surface area contributed by atoms with E-state index in [-0.39, 0.29) is 6.10 Å². The van der Waals surface area contributed by atoms with Crippen LogP contribution in [0.3, 0.4) is 0 Å². The average molecular weight is 240 g/mol. The lowest BCUT2D eigenvalue weighted by Crippen LogP contribution is -2.49. The van der Waals surface area contributed by atoms with E-state index in [0.717, 1.165) is 0 Å². The normalized spacial score (nSPS) is 52.2. The number of cyclic esters (lactones) is 1. The number of esters is 1. The molecule has 2 bridgehead atoms. The van der Waals surface area contributed by atoms with Crippen LogP contribution < -0.4 is 0 Å². The minimum atomic E-state index is -1.14. The molecule has 3 unspecified atom stereocenters. The average Bonchev–Trinajstić information content (AvgIpc) is 3.02. The SMILES string of the molecule is O=C1OC(O)C2C1[C@@H]1C=C[C@@]2(C2OCCO2)O1. The van der Waals surface area contributed by atoms with Crippen LogP contribution in [-0.4, -0.2) is 48.6 Å². The van der Waals surface area contributed by atoms with Crippen LogP contribution in [0.2, 0.25) is 0 Å². The van der Waals surface area contributed by atoms with E-state index in [9.17, 15) is 9.90 Å². The summed E-state index contributed by atoms with van der Waals surface area (Å²) in [5.41, 5.74) is -0.878. The highest BCUT2D eigenvalue weighted by molar-refractivity contribution is 5.78. The van der Waals surface area contributed by atoms with Gasteiger partial charge in [0.05, 0.1) is 31.2 Å². The fraction of sp³-hybridized carbons (Fsp3) is 0.727. The molecule has 3 saturated heterocycles. The maximum absolute atomic E-state index is 11.6. The summed E-state index contributed by atoms with van der Waals surface area (Å²) in [6.45, 7) is 0.993. The first kappa shape index (κ1) is 10.0. The van der Waals surface area contributed by atoms with Crippen LogP contribution >= 0.6 is 0 Å². The summed E-state index contributed by atoms with van der Waals surface area (Å²) >= 11 is 0. The van der Waals surface area contributed by atoms with Gasteiger partial charge in [0.2, 0.25) is 6.29 Å².